The molecule has 0 aromatic carbocycles. The molecule has 0 aromatic heterocycles. The molecule has 1 unspecified atom stereocenters. The molecule has 1 atom stereocenters. The van der Waals surface area contributed by atoms with Gasteiger partial charge in [0.2, 0.25) is 0 Å². The van der Waals surface area contributed by atoms with Crippen molar-refractivity contribution in [2.45, 2.75) is 52.9 Å². The number of esters is 1. The van der Waals surface area contributed by atoms with Crippen LogP contribution in [0.25, 0.3) is 0 Å². The van der Waals surface area contributed by atoms with Crippen molar-refractivity contribution in [3.05, 3.63) is 11.6 Å². The summed E-state index contributed by atoms with van der Waals surface area (Å²) in [7, 11) is 0. The van der Waals surface area contributed by atoms with E-state index in [-0.39, 0.29) is 12.2 Å². The van der Waals surface area contributed by atoms with E-state index in [4.69, 9.17) is 14.7 Å². The van der Waals surface area contributed by atoms with Gasteiger partial charge in [-0.2, -0.15) is 5.26 Å². The van der Waals surface area contributed by atoms with Crippen molar-refractivity contribution in [2.24, 2.45) is 5.92 Å². The number of allylic oxidation sites excluding steroid dienone is 1. The second-order valence-corrected chi connectivity index (χ2v) is 4.77. The standard InChI is InChI=1S/C16H27NO3/c1-4-7-9-14(6-3)13-19-10-11-20-16(18)15(12-17)8-5-2/h8,14H,4-7,9-11,13H2,1-3H3. The lowest BCUT2D eigenvalue weighted by Gasteiger charge is -2.14. The smallest absolute Gasteiger partial charge is 0.348 e. The Morgan fingerprint density at radius 1 is 1.30 bits per heavy atom. The fourth-order valence-corrected chi connectivity index (χ4v) is 1.80. The second kappa shape index (κ2) is 12.7. The maximum atomic E-state index is 11.5. The van der Waals surface area contributed by atoms with E-state index in [0.29, 0.717) is 25.6 Å². The predicted octanol–water partition coefficient (Wildman–Crippen LogP) is 3.62. The van der Waals surface area contributed by atoms with E-state index in [9.17, 15) is 4.79 Å². The van der Waals surface area contributed by atoms with Gasteiger partial charge in [-0.05, 0) is 18.8 Å². The fourth-order valence-electron chi connectivity index (χ4n) is 1.80. The molecule has 0 aliphatic rings. The van der Waals surface area contributed by atoms with Crippen LogP contribution in [0.4, 0.5) is 0 Å². The van der Waals surface area contributed by atoms with Crippen LogP contribution in [-0.2, 0) is 14.3 Å². The number of nitriles is 1. The molecule has 0 aliphatic heterocycles. The summed E-state index contributed by atoms with van der Waals surface area (Å²) in [5.74, 6) is 0.0243. The average Bonchev–Trinajstić information content (AvgIpc) is 2.47. The summed E-state index contributed by atoms with van der Waals surface area (Å²) in [4.78, 5) is 11.5. The highest BCUT2D eigenvalue weighted by molar-refractivity contribution is 5.92. The highest BCUT2D eigenvalue weighted by atomic mass is 16.6. The number of hydrogen-bond acceptors (Lipinski definition) is 4. The van der Waals surface area contributed by atoms with E-state index in [1.807, 2.05) is 13.0 Å². The quantitative estimate of drug-likeness (QED) is 0.251. The largest absolute Gasteiger partial charge is 0.459 e. The highest BCUT2D eigenvalue weighted by Crippen LogP contribution is 2.12. The molecule has 0 saturated heterocycles. The van der Waals surface area contributed by atoms with Crippen LogP contribution in [0.15, 0.2) is 11.6 Å². The van der Waals surface area contributed by atoms with Crippen molar-refractivity contribution in [3.63, 3.8) is 0 Å². The zero-order chi connectivity index (χ0) is 15.2. The lowest BCUT2D eigenvalue weighted by atomic mass is 10.0. The Morgan fingerprint density at radius 3 is 2.60 bits per heavy atom. The average molecular weight is 281 g/mol. The van der Waals surface area contributed by atoms with Crippen molar-refractivity contribution >= 4 is 5.97 Å². The van der Waals surface area contributed by atoms with Crippen LogP contribution in [-0.4, -0.2) is 25.8 Å². The van der Waals surface area contributed by atoms with Crippen molar-refractivity contribution in [1.82, 2.24) is 0 Å². The number of hydrogen-bond donors (Lipinski definition) is 0. The highest BCUT2D eigenvalue weighted by Gasteiger charge is 2.10. The maximum Gasteiger partial charge on any atom is 0.348 e. The van der Waals surface area contributed by atoms with Crippen LogP contribution in [0.1, 0.15) is 52.9 Å². The monoisotopic (exact) mass is 281 g/mol. The molecule has 0 aromatic rings. The molecular formula is C16H27NO3. The molecule has 0 rings (SSSR count). The Balaban J connectivity index is 3.78. The van der Waals surface area contributed by atoms with Gasteiger partial charge in [-0.15, -0.1) is 0 Å². The van der Waals surface area contributed by atoms with Crippen LogP contribution in [0.3, 0.4) is 0 Å². The maximum absolute atomic E-state index is 11.5. The van der Waals surface area contributed by atoms with Gasteiger partial charge in [0.15, 0.2) is 0 Å². The van der Waals surface area contributed by atoms with Gasteiger partial charge in [-0.1, -0.05) is 46.1 Å². The van der Waals surface area contributed by atoms with Crippen LogP contribution in [0.2, 0.25) is 0 Å². The van der Waals surface area contributed by atoms with Crippen molar-refractivity contribution in [2.75, 3.05) is 19.8 Å². The van der Waals surface area contributed by atoms with Crippen molar-refractivity contribution in [1.29, 1.82) is 5.26 Å². The van der Waals surface area contributed by atoms with Crippen molar-refractivity contribution < 1.29 is 14.3 Å². The van der Waals surface area contributed by atoms with Gasteiger partial charge in [0.25, 0.3) is 0 Å². The molecule has 0 N–H and O–H groups in total. The van der Waals surface area contributed by atoms with E-state index in [1.54, 1.807) is 6.08 Å². The van der Waals surface area contributed by atoms with Gasteiger partial charge < -0.3 is 9.47 Å². The summed E-state index contributed by atoms with van der Waals surface area (Å²) < 4.78 is 10.5. The number of carbonyl (C=O) groups is 1. The summed E-state index contributed by atoms with van der Waals surface area (Å²) in [6.45, 7) is 7.52. The first-order valence-corrected chi connectivity index (χ1v) is 7.54. The summed E-state index contributed by atoms with van der Waals surface area (Å²) >= 11 is 0. The molecule has 4 heteroatoms. The summed E-state index contributed by atoms with van der Waals surface area (Å²) in [5.41, 5.74) is 0.0712. The van der Waals surface area contributed by atoms with E-state index in [0.717, 1.165) is 6.42 Å². The van der Waals surface area contributed by atoms with E-state index < -0.39 is 5.97 Å². The fraction of sp³-hybridized carbons (Fsp3) is 0.750. The van der Waals surface area contributed by atoms with Gasteiger partial charge in [0, 0.05) is 6.61 Å². The van der Waals surface area contributed by atoms with Crippen molar-refractivity contribution in [3.8, 4) is 6.07 Å². The number of rotatable bonds is 11. The van der Waals surface area contributed by atoms with E-state index in [2.05, 4.69) is 13.8 Å². The first-order valence-electron chi connectivity index (χ1n) is 7.54. The van der Waals surface area contributed by atoms with E-state index >= 15 is 0 Å². The molecule has 0 fully saturated rings. The van der Waals surface area contributed by atoms with Gasteiger partial charge in [-0.25, -0.2) is 4.79 Å². The molecule has 0 bridgehead atoms. The third kappa shape index (κ3) is 8.71. The Hall–Kier alpha value is -1.34. The third-order valence-electron chi connectivity index (χ3n) is 3.11. The lowest BCUT2D eigenvalue weighted by molar-refractivity contribution is -0.140. The molecule has 114 valence electrons. The van der Waals surface area contributed by atoms with Gasteiger partial charge in [-0.3, -0.25) is 0 Å². The molecular weight excluding hydrogens is 254 g/mol. The molecule has 0 aliphatic carbocycles. The van der Waals surface area contributed by atoms with Crippen LogP contribution < -0.4 is 0 Å². The van der Waals surface area contributed by atoms with Crippen LogP contribution in [0.5, 0.6) is 0 Å². The van der Waals surface area contributed by atoms with Crippen LogP contribution in [0, 0.1) is 17.2 Å². The topological polar surface area (TPSA) is 59.3 Å². The second-order valence-electron chi connectivity index (χ2n) is 4.77. The minimum atomic E-state index is -0.559. The molecule has 0 heterocycles. The number of nitrogens with zero attached hydrogens (tertiary/aromatic N) is 1. The SMILES string of the molecule is CCC=C(C#N)C(=O)OCCOCC(CC)CCCC. The third-order valence-corrected chi connectivity index (χ3v) is 3.11. The zero-order valence-electron chi connectivity index (χ0n) is 13.0. The molecule has 0 saturated carbocycles. The Kier molecular flexibility index (Phi) is 11.8. The minimum absolute atomic E-state index is 0.0712. The minimum Gasteiger partial charge on any atom is -0.459 e. The molecule has 0 radical (unpaired) electrons. The predicted molar refractivity (Wildman–Crippen MR) is 79.1 cm³/mol. The summed E-state index contributed by atoms with van der Waals surface area (Å²) in [6.07, 6.45) is 6.94. The summed E-state index contributed by atoms with van der Waals surface area (Å²) in [5, 5.41) is 8.77. The Morgan fingerprint density at radius 2 is 2.05 bits per heavy atom. The number of ether oxygens (including phenoxy) is 2. The number of unbranched alkanes of at least 4 members (excludes halogenated alkanes) is 1. The normalized spacial score (nSPS) is 12.8. The van der Waals surface area contributed by atoms with E-state index in [1.165, 1.54) is 19.3 Å². The molecule has 0 amide bonds. The zero-order valence-corrected chi connectivity index (χ0v) is 13.0. The first kappa shape index (κ1) is 18.7. The molecule has 4 nitrogen and oxygen atoms in total. The molecule has 0 spiro atoms. The lowest BCUT2D eigenvalue weighted by Crippen LogP contribution is -2.15. The first-order chi connectivity index (χ1) is 9.69. The van der Waals surface area contributed by atoms with Gasteiger partial charge in [0.05, 0.1) is 6.61 Å². The van der Waals surface area contributed by atoms with Gasteiger partial charge >= 0.3 is 5.97 Å². The van der Waals surface area contributed by atoms with Gasteiger partial charge in [0.1, 0.15) is 18.2 Å². The molecule has 20 heavy (non-hydrogen) atoms. The van der Waals surface area contributed by atoms with Crippen LogP contribution >= 0.6 is 0 Å². The summed E-state index contributed by atoms with van der Waals surface area (Å²) in [6, 6.07) is 1.84. The Labute approximate surface area is 122 Å². The Bertz CT molecular complexity index is 331. The number of carbonyl (C=O) groups excluding carboxylic acids is 1.